The SMILES string of the molecule is COc1ccc(CN2CCN(CC(=O)Nc3cccc(OC)c3)CC2)cc1. The molecule has 0 radical (unpaired) electrons. The molecule has 0 unspecified atom stereocenters. The van der Waals surface area contributed by atoms with Crippen LogP contribution in [0.5, 0.6) is 11.5 Å². The topological polar surface area (TPSA) is 54.0 Å². The Morgan fingerprint density at radius 1 is 0.926 bits per heavy atom. The smallest absolute Gasteiger partial charge is 0.238 e. The van der Waals surface area contributed by atoms with Crippen LogP contribution >= 0.6 is 0 Å². The summed E-state index contributed by atoms with van der Waals surface area (Å²) in [6, 6.07) is 15.6. The Labute approximate surface area is 160 Å². The predicted molar refractivity (Wildman–Crippen MR) is 106 cm³/mol. The molecule has 0 bridgehead atoms. The van der Waals surface area contributed by atoms with Crippen LogP contribution in [0.4, 0.5) is 5.69 Å². The molecular formula is C21H27N3O3. The minimum absolute atomic E-state index is 0.00635. The molecule has 6 nitrogen and oxygen atoms in total. The summed E-state index contributed by atoms with van der Waals surface area (Å²) >= 11 is 0. The zero-order valence-electron chi connectivity index (χ0n) is 16.0. The van der Waals surface area contributed by atoms with Crippen LogP contribution < -0.4 is 14.8 Å². The number of amides is 1. The van der Waals surface area contributed by atoms with Gasteiger partial charge in [0.15, 0.2) is 0 Å². The van der Waals surface area contributed by atoms with Gasteiger partial charge in [0, 0.05) is 44.5 Å². The molecule has 1 fully saturated rings. The minimum atomic E-state index is 0.00635. The van der Waals surface area contributed by atoms with E-state index in [1.54, 1.807) is 14.2 Å². The molecule has 1 aliphatic rings. The van der Waals surface area contributed by atoms with E-state index in [4.69, 9.17) is 9.47 Å². The van der Waals surface area contributed by atoms with Crippen molar-refractivity contribution < 1.29 is 14.3 Å². The molecule has 2 aromatic carbocycles. The second-order valence-corrected chi connectivity index (χ2v) is 6.68. The molecule has 0 saturated carbocycles. The molecule has 1 saturated heterocycles. The van der Waals surface area contributed by atoms with E-state index in [0.29, 0.717) is 6.54 Å². The first-order valence-corrected chi connectivity index (χ1v) is 9.18. The number of rotatable bonds is 7. The first kappa shape index (κ1) is 19.2. The average molecular weight is 369 g/mol. The van der Waals surface area contributed by atoms with Crippen LogP contribution in [0.15, 0.2) is 48.5 Å². The minimum Gasteiger partial charge on any atom is -0.497 e. The highest BCUT2D eigenvalue weighted by molar-refractivity contribution is 5.92. The van der Waals surface area contributed by atoms with Gasteiger partial charge in [0.2, 0.25) is 5.91 Å². The highest BCUT2D eigenvalue weighted by atomic mass is 16.5. The Hall–Kier alpha value is -2.57. The van der Waals surface area contributed by atoms with Gasteiger partial charge >= 0.3 is 0 Å². The summed E-state index contributed by atoms with van der Waals surface area (Å²) in [5.74, 6) is 1.62. The Kier molecular flexibility index (Phi) is 6.68. The van der Waals surface area contributed by atoms with Crippen molar-refractivity contribution in [3.63, 3.8) is 0 Å². The maximum Gasteiger partial charge on any atom is 0.238 e. The number of methoxy groups -OCH3 is 2. The third-order valence-electron chi connectivity index (χ3n) is 4.75. The maximum atomic E-state index is 12.3. The van der Waals surface area contributed by atoms with Gasteiger partial charge in [-0.25, -0.2) is 0 Å². The Balaban J connectivity index is 1.42. The molecule has 2 aromatic rings. The molecule has 6 heteroatoms. The predicted octanol–water partition coefficient (Wildman–Crippen LogP) is 2.46. The monoisotopic (exact) mass is 369 g/mol. The van der Waals surface area contributed by atoms with Gasteiger partial charge in [-0.15, -0.1) is 0 Å². The van der Waals surface area contributed by atoms with E-state index in [9.17, 15) is 4.79 Å². The Morgan fingerprint density at radius 3 is 2.26 bits per heavy atom. The summed E-state index contributed by atoms with van der Waals surface area (Å²) < 4.78 is 10.4. The zero-order chi connectivity index (χ0) is 19.1. The highest BCUT2D eigenvalue weighted by Gasteiger charge is 2.19. The van der Waals surface area contributed by atoms with Gasteiger partial charge in [-0.05, 0) is 29.8 Å². The van der Waals surface area contributed by atoms with E-state index in [-0.39, 0.29) is 5.91 Å². The molecule has 1 N–H and O–H groups in total. The molecule has 1 heterocycles. The van der Waals surface area contributed by atoms with Crippen molar-refractivity contribution in [2.45, 2.75) is 6.54 Å². The fourth-order valence-corrected chi connectivity index (χ4v) is 3.20. The number of hydrogen-bond acceptors (Lipinski definition) is 5. The largest absolute Gasteiger partial charge is 0.497 e. The van der Waals surface area contributed by atoms with Crippen LogP contribution in [0.25, 0.3) is 0 Å². The third-order valence-corrected chi connectivity index (χ3v) is 4.75. The summed E-state index contributed by atoms with van der Waals surface area (Å²) in [5, 5.41) is 2.94. The van der Waals surface area contributed by atoms with E-state index in [1.165, 1.54) is 5.56 Å². The molecule has 1 amide bonds. The van der Waals surface area contributed by atoms with Crippen LogP contribution in [0, 0.1) is 0 Å². The lowest BCUT2D eigenvalue weighted by molar-refractivity contribution is -0.117. The number of benzene rings is 2. The fourth-order valence-electron chi connectivity index (χ4n) is 3.20. The standard InChI is InChI=1S/C21H27N3O3/c1-26-19-8-6-17(7-9-19)15-23-10-12-24(13-11-23)16-21(25)22-18-4-3-5-20(14-18)27-2/h3-9,14H,10-13,15-16H2,1-2H3,(H,22,25). The first-order chi connectivity index (χ1) is 13.2. The number of hydrogen-bond donors (Lipinski definition) is 1. The van der Waals surface area contributed by atoms with Gasteiger partial charge < -0.3 is 14.8 Å². The number of nitrogens with one attached hydrogen (secondary N) is 1. The van der Waals surface area contributed by atoms with Crippen LogP contribution in [0.1, 0.15) is 5.56 Å². The normalized spacial score (nSPS) is 15.3. The fraction of sp³-hybridized carbons (Fsp3) is 0.381. The molecule has 144 valence electrons. The Morgan fingerprint density at radius 2 is 1.59 bits per heavy atom. The van der Waals surface area contributed by atoms with Crippen LogP contribution in [0.2, 0.25) is 0 Å². The number of piperazine rings is 1. The van der Waals surface area contributed by atoms with E-state index in [2.05, 4.69) is 27.2 Å². The zero-order valence-corrected chi connectivity index (χ0v) is 16.0. The first-order valence-electron chi connectivity index (χ1n) is 9.18. The van der Waals surface area contributed by atoms with Gasteiger partial charge in [0.25, 0.3) is 0 Å². The van der Waals surface area contributed by atoms with Gasteiger partial charge in [-0.1, -0.05) is 18.2 Å². The molecule has 0 atom stereocenters. The lowest BCUT2D eigenvalue weighted by Crippen LogP contribution is -2.48. The summed E-state index contributed by atoms with van der Waals surface area (Å²) in [5.41, 5.74) is 2.04. The number of carbonyl (C=O) groups is 1. The van der Waals surface area contributed by atoms with Gasteiger partial charge in [0.05, 0.1) is 20.8 Å². The average Bonchev–Trinajstić information content (AvgIpc) is 2.70. The van der Waals surface area contributed by atoms with E-state index >= 15 is 0 Å². The second kappa shape index (κ2) is 9.39. The molecule has 0 spiro atoms. The van der Waals surface area contributed by atoms with Crippen molar-refractivity contribution in [2.75, 3.05) is 52.3 Å². The summed E-state index contributed by atoms with van der Waals surface area (Å²) in [4.78, 5) is 16.9. The highest BCUT2D eigenvalue weighted by Crippen LogP contribution is 2.17. The van der Waals surface area contributed by atoms with E-state index < -0.39 is 0 Å². The summed E-state index contributed by atoms with van der Waals surface area (Å²) in [7, 11) is 3.30. The quantitative estimate of drug-likeness (QED) is 0.813. The van der Waals surface area contributed by atoms with Crippen molar-refractivity contribution in [3.05, 3.63) is 54.1 Å². The van der Waals surface area contributed by atoms with E-state index in [1.807, 2.05) is 36.4 Å². The Bertz CT molecular complexity index is 741. The number of carbonyl (C=O) groups excluding carboxylic acids is 1. The molecule has 0 aliphatic carbocycles. The molecule has 0 aromatic heterocycles. The lowest BCUT2D eigenvalue weighted by Gasteiger charge is -2.34. The van der Waals surface area contributed by atoms with Gasteiger partial charge in [-0.3, -0.25) is 14.6 Å². The summed E-state index contributed by atoms with van der Waals surface area (Å²) in [6.07, 6.45) is 0. The lowest BCUT2D eigenvalue weighted by atomic mass is 10.2. The second-order valence-electron chi connectivity index (χ2n) is 6.68. The van der Waals surface area contributed by atoms with Crippen LogP contribution in [-0.4, -0.2) is 62.7 Å². The van der Waals surface area contributed by atoms with Crippen LogP contribution in [0.3, 0.4) is 0 Å². The number of anilines is 1. The van der Waals surface area contributed by atoms with Crippen LogP contribution in [-0.2, 0) is 11.3 Å². The molecule has 27 heavy (non-hydrogen) atoms. The van der Waals surface area contributed by atoms with Crippen molar-refractivity contribution in [3.8, 4) is 11.5 Å². The van der Waals surface area contributed by atoms with Crippen molar-refractivity contribution in [1.82, 2.24) is 9.80 Å². The molecular weight excluding hydrogens is 342 g/mol. The number of nitrogens with zero attached hydrogens (tertiary/aromatic N) is 2. The molecule has 1 aliphatic heterocycles. The van der Waals surface area contributed by atoms with Crippen molar-refractivity contribution >= 4 is 11.6 Å². The third kappa shape index (κ3) is 5.70. The van der Waals surface area contributed by atoms with Crippen molar-refractivity contribution in [1.29, 1.82) is 0 Å². The van der Waals surface area contributed by atoms with Gasteiger partial charge in [0.1, 0.15) is 11.5 Å². The maximum absolute atomic E-state index is 12.3. The number of ether oxygens (including phenoxy) is 2. The molecule has 3 rings (SSSR count). The van der Waals surface area contributed by atoms with Crippen molar-refractivity contribution in [2.24, 2.45) is 0 Å². The van der Waals surface area contributed by atoms with E-state index in [0.717, 1.165) is 49.9 Å². The summed E-state index contributed by atoms with van der Waals surface area (Å²) in [6.45, 7) is 5.03. The van der Waals surface area contributed by atoms with Gasteiger partial charge in [-0.2, -0.15) is 0 Å².